The second-order valence-electron chi connectivity index (χ2n) is 6.76. The van der Waals surface area contributed by atoms with Gasteiger partial charge in [0.05, 0.1) is 7.11 Å². The molecule has 4 nitrogen and oxygen atoms in total. The second-order valence-corrected chi connectivity index (χ2v) is 6.76. The number of carbonyl (C=O) groups excluding carboxylic acids is 1. The average molecular weight is 369 g/mol. The van der Waals surface area contributed by atoms with E-state index < -0.39 is 0 Å². The number of amides is 1. The molecule has 1 amide bonds. The van der Waals surface area contributed by atoms with Crippen LogP contribution in [0.25, 0.3) is 0 Å². The summed E-state index contributed by atoms with van der Waals surface area (Å²) in [6.45, 7) is 3.09. The van der Waals surface area contributed by atoms with Crippen molar-refractivity contribution in [2.24, 2.45) is 5.92 Å². The van der Waals surface area contributed by atoms with Crippen LogP contribution in [-0.4, -0.2) is 32.7 Å². The van der Waals surface area contributed by atoms with Crippen molar-refractivity contribution in [3.05, 3.63) is 29.8 Å². The van der Waals surface area contributed by atoms with E-state index in [1.165, 1.54) is 18.4 Å². The Morgan fingerprint density at radius 1 is 1.24 bits per heavy atom. The summed E-state index contributed by atoms with van der Waals surface area (Å²) in [7, 11) is 1.69. The summed E-state index contributed by atoms with van der Waals surface area (Å²) in [4.78, 5) is 11.8. The SMILES string of the molecule is COc1ccc(CCCCCC(=O)NCCC2CCCNC2)cc1.Cl. The van der Waals surface area contributed by atoms with Crippen LogP contribution in [0.2, 0.25) is 0 Å². The van der Waals surface area contributed by atoms with E-state index in [9.17, 15) is 4.79 Å². The van der Waals surface area contributed by atoms with Crippen LogP contribution in [0.15, 0.2) is 24.3 Å². The molecule has 1 unspecified atom stereocenters. The van der Waals surface area contributed by atoms with E-state index >= 15 is 0 Å². The zero-order chi connectivity index (χ0) is 17.0. The molecule has 1 saturated heterocycles. The van der Waals surface area contributed by atoms with Crippen molar-refractivity contribution in [3.8, 4) is 5.75 Å². The molecule has 0 radical (unpaired) electrons. The minimum Gasteiger partial charge on any atom is -0.497 e. The molecule has 1 aliphatic heterocycles. The largest absolute Gasteiger partial charge is 0.497 e. The zero-order valence-electron chi connectivity index (χ0n) is 15.4. The number of benzene rings is 1. The van der Waals surface area contributed by atoms with Gasteiger partial charge in [0.25, 0.3) is 0 Å². The first-order valence-corrected chi connectivity index (χ1v) is 9.38. The van der Waals surface area contributed by atoms with E-state index in [0.29, 0.717) is 6.42 Å². The maximum atomic E-state index is 11.8. The molecule has 1 atom stereocenters. The highest BCUT2D eigenvalue weighted by molar-refractivity contribution is 5.85. The van der Waals surface area contributed by atoms with E-state index in [4.69, 9.17) is 4.74 Å². The van der Waals surface area contributed by atoms with Crippen molar-refractivity contribution in [1.82, 2.24) is 10.6 Å². The number of halogens is 1. The van der Waals surface area contributed by atoms with Crippen LogP contribution in [0.4, 0.5) is 0 Å². The van der Waals surface area contributed by atoms with Crippen LogP contribution in [0.1, 0.15) is 50.5 Å². The molecule has 2 N–H and O–H groups in total. The molecule has 25 heavy (non-hydrogen) atoms. The molecule has 0 aromatic heterocycles. The van der Waals surface area contributed by atoms with Crippen LogP contribution >= 0.6 is 12.4 Å². The van der Waals surface area contributed by atoms with E-state index in [-0.39, 0.29) is 18.3 Å². The highest BCUT2D eigenvalue weighted by atomic mass is 35.5. The number of rotatable bonds is 10. The minimum atomic E-state index is 0. The van der Waals surface area contributed by atoms with Crippen LogP contribution in [0.3, 0.4) is 0 Å². The van der Waals surface area contributed by atoms with Crippen molar-refractivity contribution < 1.29 is 9.53 Å². The Labute approximate surface area is 158 Å². The van der Waals surface area contributed by atoms with Gasteiger partial charge in [0.15, 0.2) is 0 Å². The maximum Gasteiger partial charge on any atom is 0.219 e. The molecule has 1 aliphatic rings. The number of carbonyl (C=O) groups is 1. The van der Waals surface area contributed by atoms with Gasteiger partial charge in [-0.25, -0.2) is 0 Å². The fourth-order valence-electron chi connectivity index (χ4n) is 3.26. The average Bonchev–Trinajstić information content (AvgIpc) is 2.63. The lowest BCUT2D eigenvalue weighted by molar-refractivity contribution is -0.121. The van der Waals surface area contributed by atoms with Gasteiger partial charge in [0, 0.05) is 13.0 Å². The molecular formula is C20H33ClN2O2. The van der Waals surface area contributed by atoms with Gasteiger partial charge < -0.3 is 15.4 Å². The summed E-state index contributed by atoms with van der Waals surface area (Å²) in [6, 6.07) is 8.24. The Morgan fingerprint density at radius 3 is 2.72 bits per heavy atom. The number of piperidine rings is 1. The van der Waals surface area contributed by atoms with Crippen molar-refractivity contribution in [2.75, 3.05) is 26.7 Å². The lowest BCUT2D eigenvalue weighted by Gasteiger charge is -2.22. The number of ether oxygens (including phenoxy) is 1. The van der Waals surface area contributed by atoms with Gasteiger partial charge in [-0.05, 0) is 75.2 Å². The Kier molecular flexibility index (Phi) is 11.3. The van der Waals surface area contributed by atoms with Gasteiger partial charge in [0.1, 0.15) is 5.75 Å². The lowest BCUT2D eigenvalue weighted by atomic mass is 9.96. The molecule has 0 spiro atoms. The van der Waals surface area contributed by atoms with Gasteiger partial charge in [-0.1, -0.05) is 18.6 Å². The van der Waals surface area contributed by atoms with Gasteiger partial charge in [-0.2, -0.15) is 0 Å². The van der Waals surface area contributed by atoms with Crippen molar-refractivity contribution in [1.29, 1.82) is 0 Å². The quantitative estimate of drug-likeness (QED) is 0.619. The third-order valence-electron chi connectivity index (χ3n) is 4.80. The summed E-state index contributed by atoms with van der Waals surface area (Å²) in [5, 5.41) is 6.49. The molecule has 0 saturated carbocycles. The zero-order valence-corrected chi connectivity index (χ0v) is 16.2. The topological polar surface area (TPSA) is 50.4 Å². The highest BCUT2D eigenvalue weighted by Crippen LogP contribution is 2.14. The first-order valence-electron chi connectivity index (χ1n) is 9.38. The Balaban J connectivity index is 0.00000312. The molecule has 2 rings (SSSR count). The highest BCUT2D eigenvalue weighted by Gasteiger charge is 2.12. The van der Waals surface area contributed by atoms with Crippen LogP contribution < -0.4 is 15.4 Å². The minimum absolute atomic E-state index is 0. The maximum absolute atomic E-state index is 11.8. The number of hydrogen-bond donors (Lipinski definition) is 2. The van der Waals surface area contributed by atoms with Gasteiger partial charge in [0.2, 0.25) is 5.91 Å². The lowest BCUT2D eigenvalue weighted by Crippen LogP contribution is -2.33. The molecule has 5 heteroatoms. The Bertz CT molecular complexity index is 473. The second kappa shape index (κ2) is 13.0. The number of hydrogen-bond acceptors (Lipinski definition) is 3. The standard InChI is InChI=1S/C20H32N2O2.ClH/c1-24-19-11-9-17(10-12-19)6-3-2-4-8-20(23)22-15-13-18-7-5-14-21-16-18;/h9-12,18,21H,2-8,13-16H2,1H3,(H,22,23);1H. The fraction of sp³-hybridized carbons (Fsp3) is 0.650. The van der Waals surface area contributed by atoms with E-state index in [1.54, 1.807) is 7.11 Å². The predicted octanol–water partition coefficient (Wildman–Crippen LogP) is 3.73. The monoisotopic (exact) mass is 368 g/mol. The van der Waals surface area contributed by atoms with Gasteiger partial charge in [-0.15, -0.1) is 12.4 Å². The van der Waals surface area contributed by atoms with Crippen molar-refractivity contribution in [2.45, 2.75) is 51.4 Å². The first-order chi connectivity index (χ1) is 11.8. The summed E-state index contributed by atoms with van der Waals surface area (Å²) >= 11 is 0. The van der Waals surface area contributed by atoms with Crippen LogP contribution in [0.5, 0.6) is 5.75 Å². The normalized spacial score (nSPS) is 16.8. The molecule has 1 heterocycles. The number of unbranched alkanes of at least 4 members (excludes halogenated alkanes) is 2. The summed E-state index contributed by atoms with van der Waals surface area (Å²) in [5.41, 5.74) is 1.33. The number of aryl methyl sites for hydroxylation is 1. The summed E-state index contributed by atoms with van der Waals surface area (Å²) < 4.78 is 5.16. The first kappa shape index (κ1) is 21.8. The van der Waals surface area contributed by atoms with Gasteiger partial charge >= 0.3 is 0 Å². The Hall–Kier alpha value is -1.26. The van der Waals surface area contributed by atoms with E-state index in [1.807, 2.05) is 12.1 Å². The van der Waals surface area contributed by atoms with Crippen LogP contribution in [-0.2, 0) is 11.2 Å². The van der Waals surface area contributed by atoms with Gasteiger partial charge in [-0.3, -0.25) is 4.79 Å². The molecule has 0 bridgehead atoms. The Morgan fingerprint density at radius 2 is 2.04 bits per heavy atom. The fourth-order valence-corrected chi connectivity index (χ4v) is 3.26. The van der Waals surface area contributed by atoms with Crippen molar-refractivity contribution in [3.63, 3.8) is 0 Å². The molecule has 1 fully saturated rings. The smallest absolute Gasteiger partial charge is 0.219 e. The number of nitrogens with one attached hydrogen (secondary N) is 2. The summed E-state index contributed by atoms with van der Waals surface area (Å²) in [6.07, 6.45) is 8.62. The van der Waals surface area contributed by atoms with E-state index in [2.05, 4.69) is 22.8 Å². The molecule has 1 aromatic carbocycles. The summed E-state index contributed by atoms with van der Waals surface area (Å²) in [5.74, 6) is 1.85. The molecular weight excluding hydrogens is 336 g/mol. The third-order valence-corrected chi connectivity index (χ3v) is 4.80. The van der Waals surface area contributed by atoms with Crippen LogP contribution in [0, 0.1) is 5.92 Å². The molecule has 0 aliphatic carbocycles. The van der Waals surface area contributed by atoms with Crippen molar-refractivity contribution >= 4 is 18.3 Å². The molecule has 1 aromatic rings. The third kappa shape index (κ3) is 9.13. The predicted molar refractivity (Wildman–Crippen MR) is 106 cm³/mol. The van der Waals surface area contributed by atoms with E-state index in [0.717, 1.165) is 63.4 Å². The number of methoxy groups -OCH3 is 1. The molecule has 142 valence electrons.